The Bertz CT molecular complexity index is 459. The Kier molecular flexibility index (Phi) is 5.08. The van der Waals surface area contributed by atoms with Gasteiger partial charge in [0.2, 0.25) is 5.91 Å². The SMILES string of the molecule is CC(NC(=O)[C@@H]1CCCNC1)c1ccc(Cl)c(Cl)c1. The van der Waals surface area contributed by atoms with Crippen LogP contribution >= 0.6 is 23.2 Å². The van der Waals surface area contributed by atoms with Gasteiger partial charge in [0.05, 0.1) is 22.0 Å². The number of hydrogen-bond donors (Lipinski definition) is 2. The van der Waals surface area contributed by atoms with Crippen LogP contribution in [0, 0.1) is 5.92 Å². The fraction of sp³-hybridized carbons (Fsp3) is 0.500. The number of hydrogen-bond acceptors (Lipinski definition) is 2. The largest absolute Gasteiger partial charge is 0.349 e. The molecule has 1 aromatic carbocycles. The van der Waals surface area contributed by atoms with Gasteiger partial charge in [-0.15, -0.1) is 0 Å². The average molecular weight is 301 g/mol. The summed E-state index contributed by atoms with van der Waals surface area (Å²) in [5.41, 5.74) is 0.964. The van der Waals surface area contributed by atoms with Gasteiger partial charge in [0.25, 0.3) is 0 Å². The molecule has 0 bridgehead atoms. The summed E-state index contributed by atoms with van der Waals surface area (Å²) in [6.07, 6.45) is 2.01. The zero-order valence-corrected chi connectivity index (χ0v) is 12.4. The molecule has 1 aliphatic heterocycles. The Balaban J connectivity index is 1.97. The molecule has 1 unspecified atom stereocenters. The van der Waals surface area contributed by atoms with Crippen LogP contribution in [0.15, 0.2) is 18.2 Å². The van der Waals surface area contributed by atoms with Crippen LogP contribution in [0.25, 0.3) is 0 Å². The normalized spacial score (nSPS) is 20.9. The van der Waals surface area contributed by atoms with E-state index in [9.17, 15) is 4.79 Å². The molecule has 104 valence electrons. The lowest BCUT2D eigenvalue weighted by atomic mass is 9.98. The van der Waals surface area contributed by atoms with E-state index in [4.69, 9.17) is 23.2 Å². The minimum atomic E-state index is -0.0656. The fourth-order valence-corrected chi connectivity index (χ4v) is 2.58. The third kappa shape index (κ3) is 3.85. The lowest BCUT2D eigenvalue weighted by Gasteiger charge is -2.24. The lowest BCUT2D eigenvalue weighted by molar-refractivity contribution is -0.126. The van der Waals surface area contributed by atoms with Gasteiger partial charge in [-0.05, 0) is 44.0 Å². The molecule has 5 heteroatoms. The molecule has 2 rings (SSSR count). The topological polar surface area (TPSA) is 41.1 Å². The second kappa shape index (κ2) is 6.60. The summed E-state index contributed by atoms with van der Waals surface area (Å²) in [4.78, 5) is 12.1. The first-order valence-electron chi connectivity index (χ1n) is 6.54. The Morgan fingerprint density at radius 3 is 2.84 bits per heavy atom. The monoisotopic (exact) mass is 300 g/mol. The van der Waals surface area contributed by atoms with Crippen molar-refractivity contribution in [2.45, 2.75) is 25.8 Å². The first kappa shape index (κ1) is 14.6. The van der Waals surface area contributed by atoms with Crippen LogP contribution in [-0.2, 0) is 4.79 Å². The molecule has 1 aromatic rings. The van der Waals surface area contributed by atoms with E-state index in [2.05, 4.69) is 10.6 Å². The van der Waals surface area contributed by atoms with E-state index in [0.717, 1.165) is 31.5 Å². The van der Waals surface area contributed by atoms with E-state index >= 15 is 0 Å². The van der Waals surface area contributed by atoms with Gasteiger partial charge in [-0.2, -0.15) is 0 Å². The van der Waals surface area contributed by atoms with Crippen molar-refractivity contribution in [3.63, 3.8) is 0 Å². The number of nitrogens with one attached hydrogen (secondary N) is 2. The maximum Gasteiger partial charge on any atom is 0.224 e. The first-order valence-corrected chi connectivity index (χ1v) is 7.29. The molecule has 2 atom stereocenters. The molecule has 0 saturated carbocycles. The highest BCUT2D eigenvalue weighted by Gasteiger charge is 2.22. The highest BCUT2D eigenvalue weighted by molar-refractivity contribution is 6.42. The lowest BCUT2D eigenvalue weighted by Crippen LogP contribution is -2.41. The Hall–Kier alpha value is -0.770. The van der Waals surface area contributed by atoms with Gasteiger partial charge < -0.3 is 10.6 Å². The van der Waals surface area contributed by atoms with Crippen LogP contribution in [-0.4, -0.2) is 19.0 Å². The van der Waals surface area contributed by atoms with Gasteiger partial charge in [-0.3, -0.25) is 4.79 Å². The van der Waals surface area contributed by atoms with Crippen molar-refractivity contribution in [3.05, 3.63) is 33.8 Å². The van der Waals surface area contributed by atoms with Crippen molar-refractivity contribution in [1.29, 1.82) is 0 Å². The van der Waals surface area contributed by atoms with Gasteiger partial charge >= 0.3 is 0 Å². The van der Waals surface area contributed by atoms with E-state index in [1.54, 1.807) is 12.1 Å². The molecule has 0 aliphatic carbocycles. The second-order valence-corrected chi connectivity index (χ2v) is 5.76. The molecule has 1 fully saturated rings. The van der Waals surface area contributed by atoms with Crippen LogP contribution in [0.3, 0.4) is 0 Å². The van der Waals surface area contributed by atoms with Gasteiger partial charge in [-0.1, -0.05) is 29.3 Å². The van der Waals surface area contributed by atoms with Crippen molar-refractivity contribution in [2.24, 2.45) is 5.92 Å². The van der Waals surface area contributed by atoms with E-state index in [-0.39, 0.29) is 17.9 Å². The minimum Gasteiger partial charge on any atom is -0.349 e. The molecule has 19 heavy (non-hydrogen) atoms. The fourth-order valence-electron chi connectivity index (χ4n) is 2.27. The van der Waals surface area contributed by atoms with Crippen molar-refractivity contribution in [2.75, 3.05) is 13.1 Å². The third-order valence-corrected chi connectivity index (χ3v) is 4.21. The number of carbonyl (C=O) groups is 1. The van der Waals surface area contributed by atoms with Gasteiger partial charge in [-0.25, -0.2) is 0 Å². The van der Waals surface area contributed by atoms with E-state index in [1.807, 2.05) is 13.0 Å². The first-order chi connectivity index (χ1) is 9.08. The van der Waals surface area contributed by atoms with E-state index < -0.39 is 0 Å². The molecule has 1 amide bonds. The average Bonchev–Trinajstić information content (AvgIpc) is 2.42. The summed E-state index contributed by atoms with van der Waals surface area (Å²) in [5.74, 6) is 0.171. The Morgan fingerprint density at radius 1 is 1.42 bits per heavy atom. The van der Waals surface area contributed by atoms with Crippen LogP contribution in [0.4, 0.5) is 0 Å². The smallest absolute Gasteiger partial charge is 0.224 e. The van der Waals surface area contributed by atoms with Crippen LogP contribution in [0.2, 0.25) is 10.0 Å². The number of piperidine rings is 1. The van der Waals surface area contributed by atoms with E-state index in [0.29, 0.717) is 10.0 Å². The number of halogens is 2. The molecule has 0 radical (unpaired) electrons. The van der Waals surface area contributed by atoms with Crippen LogP contribution < -0.4 is 10.6 Å². The quantitative estimate of drug-likeness (QED) is 0.900. The molecule has 1 aliphatic rings. The Morgan fingerprint density at radius 2 is 2.21 bits per heavy atom. The van der Waals surface area contributed by atoms with Gasteiger partial charge in [0.1, 0.15) is 0 Å². The predicted octanol–water partition coefficient (Wildman–Crippen LogP) is 3.17. The molecule has 3 nitrogen and oxygen atoms in total. The molecule has 0 aromatic heterocycles. The second-order valence-electron chi connectivity index (χ2n) is 4.95. The van der Waals surface area contributed by atoms with Crippen molar-refractivity contribution in [1.82, 2.24) is 10.6 Å². The zero-order chi connectivity index (χ0) is 13.8. The summed E-state index contributed by atoms with van der Waals surface area (Å²) < 4.78 is 0. The number of benzene rings is 1. The van der Waals surface area contributed by atoms with Gasteiger partial charge in [0.15, 0.2) is 0 Å². The third-order valence-electron chi connectivity index (χ3n) is 3.47. The maximum absolute atomic E-state index is 12.1. The van der Waals surface area contributed by atoms with Gasteiger partial charge in [0, 0.05) is 6.54 Å². The molecule has 1 heterocycles. The summed E-state index contributed by atoms with van der Waals surface area (Å²) in [6.45, 7) is 3.72. The molecule has 1 saturated heterocycles. The summed E-state index contributed by atoms with van der Waals surface area (Å²) >= 11 is 11.9. The van der Waals surface area contributed by atoms with Crippen molar-refractivity contribution >= 4 is 29.1 Å². The predicted molar refractivity (Wildman–Crippen MR) is 78.6 cm³/mol. The highest BCUT2D eigenvalue weighted by atomic mass is 35.5. The summed E-state index contributed by atoms with van der Waals surface area (Å²) in [6, 6.07) is 5.38. The number of rotatable bonds is 3. The van der Waals surface area contributed by atoms with E-state index in [1.165, 1.54) is 0 Å². The van der Waals surface area contributed by atoms with Crippen molar-refractivity contribution in [3.8, 4) is 0 Å². The highest BCUT2D eigenvalue weighted by Crippen LogP contribution is 2.25. The molecule has 2 N–H and O–H groups in total. The summed E-state index contributed by atoms with van der Waals surface area (Å²) in [7, 11) is 0. The number of carbonyl (C=O) groups excluding carboxylic acids is 1. The standard InChI is InChI=1S/C14H18Cl2N2O/c1-9(10-4-5-12(15)13(16)7-10)18-14(19)11-3-2-6-17-8-11/h4-5,7,9,11,17H,2-3,6,8H2,1H3,(H,18,19)/t9?,11-/m1/s1. The summed E-state index contributed by atoms with van der Waals surface area (Å²) in [5, 5.41) is 7.32. The van der Waals surface area contributed by atoms with Crippen molar-refractivity contribution < 1.29 is 4.79 Å². The molecule has 0 spiro atoms. The van der Waals surface area contributed by atoms with Crippen LogP contribution in [0.5, 0.6) is 0 Å². The number of amides is 1. The minimum absolute atomic E-state index is 0.0656. The Labute approximate surface area is 123 Å². The zero-order valence-electron chi connectivity index (χ0n) is 10.9. The van der Waals surface area contributed by atoms with Crippen LogP contribution in [0.1, 0.15) is 31.4 Å². The molecular formula is C14H18Cl2N2O. The molecular weight excluding hydrogens is 283 g/mol. The maximum atomic E-state index is 12.1.